The van der Waals surface area contributed by atoms with Crippen LogP contribution in [0.5, 0.6) is 0 Å². The van der Waals surface area contributed by atoms with Crippen LogP contribution in [0.1, 0.15) is 22.9 Å². The third-order valence-corrected chi connectivity index (χ3v) is 2.74. The quantitative estimate of drug-likeness (QED) is 0.838. The maximum absolute atomic E-state index is 13.0. The zero-order valence-electron chi connectivity index (χ0n) is 9.31. The highest BCUT2D eigenvalue weighted by Crippen LogP contribution is 2.22. The first-order valence-corrected chi connectivity index (χ1v) is 5.07. The van der Waals surface area contributed by atoms with Gasteiger partial charge in [0.05, 0.1) is 24.3 Å². The van der Waals surface area contributed by atoms with Crippen molar-refractivity contribution in [1.29, 1.82) is 0 Å². The molecule has 2 N–H and O–H groups in total. The van der Waals surface area contributed by atoms with Crippen LogP contribution < -0.4 is 5.73 Å². The standard InChI is InChI=1S/C12H14FN3/c1-8-5-9(13)3-4-10(8)12(14)11-6-15-7-16(11)2/h3-7,12H,14H2,1-2H3. The molecule has 0 aliphatic rings. The van der Waals surface area contributed by atoms with E-state index < -0.39 is 0 Å². The van der Waals surface area contributed by atoms with Crippen molar-refractivity contribution in [1.82, 2.24) is 9.55 Å². The molecule has 1 atom stereocenters. The molecule has 0 bridgehead atoms. The van der Waals surface area contributed by atoms with Crippen molar-refractivity contribution in [3.63, 3.8) is 0 Å². The lowest BCUT2D eigenvalue weighted by atomic mass is 10.00. The minimum Gasteiger partial charge on any atom is -0.336 e. The van der Waals surface area contributed by atoms with Gasteiger partial charge in [-0.1, -0.05) is 6.07 Å². The Morgan fingerprint density at radius 3 is 2.75 bits per heavy atom. The monoisotopic (exact) mass is 219 g/mol. The van der Waals surface area contributed by atoms with Crippen molar-refractivity contribution in [2.45, 2.75) is 13.0 Å². The SMILES string of the molecule is Cc1cc(F)ccc1C(N)c1cncn1C. The van der Waals surface area contributed by atoms with E-state index in [0.29, 0.717) is 0 Å². The zero-order chi connectivity index (χ0) is 11.7. The lowest BCUT2D eigenvalue weighted by Gasteiger charge is -2.15. The van der Waals surface area contributed by atoms with Crippen LogP contribution in [-0.2, 0) is 7.05 Å². The van der Waals surface area contributed by atoms with Crippen LogP contribution in [0.15, 0.2) is 30.7 Å². The lowest BCUT2D eigenvalue weighted by molar-refractivity contribution is 0.624. The number of hydrogen-bond donors (Lipinski definition) is 1. The second-order valence-corrected chi connectivity index (χ2v) is 3.91. The van der Waals surface area contributed by atoms with Gasteiger partial charge in [0.1, 0.15) is 5.82 Å². The van der Waals surface area contributed by atoms with Gasteiger partial charge in [-0.2, -0.15) is 0 Å². The first-order chi connectivity index (χ1) is 7.59. The molecule has 0 fully saturated rings. The van der Waals surface area contributed by atoms with Crippen LogP contribution in [0.3, 0.4) is 0 Å². The number of rotatable bonds is 2. The van der Waals surface area contributed by atoms with Gasteiger partial charge in [-0.3, -0.25) is 0 Å². The molecule has 1 aromatic heterocycles. The van der Waals surface area contributed by atoms with E-state index in [1.807, 2.05) is 18.5 Å². The minimum atomic E-state index is -0.270. The Balaban J connectivity index is 2.41. The maximum atomic E-state index is 13.0. The molecule has 0 saturated heterocycles. The smallest absolute Gasteiger partial charge is 0.123 e. The van der Waals surface area contributed by atoms with Gasteiger partial charge in [0.15, 0.2) is 0 Å². The Bertz CT molecular complexity index is 505. The van der Waals surface area contributed by atoms with Gasteiger partial charge in [0.2, 0.25) is 0 Å². The molecule has 0 aliphatic carbocycles. The van der Waals surface area contributed by atoms with Crippen LogP contribution in [0.4, 0.5) is 4.39 Å². The minimum absolute atomic E-state index is 0.238. The van der Waals surface area contributed by atoms with E-state index in [2.05, 4.69) is 4.98 Å². The highest BCUT2D eigenvalue weighted by Gasteiger charge is 2.14. The van der Waals surface area contributed by atoms with Crippen molar-refractivity contribution in [3.05, 3.63) is 53.4 Å². The number of aryl methyl sites for hydroxylation is 2. The average molecular weight is 219 g/mol. The van der Waals surface area contributed by atoms with Gasteiger partial charge >= 0.3 is 0 Å². The fourth-order valence-corrected chi connectivity index (χ4v) is 1.81. The molecular formula is C12H14FN3. The highest BCUT2D eigenvalue weighted by atomic mass is 19.1. The molecule has 84 valence electrons. The number of halogens is 1. The van der Waals surface area contributed by atoms with Crippen molar-refractivity contribution < 1.29 is 4.39 Å². The molecule has 1 heterocycles. The molecule has 2 aromatic rings. The lowest BCUT2D eigenvalue weighted by Crippen LogP contribution is -2.16. The Morgan fingerprint density at radius 2 is 2.19 bits per heavy atom. The molecule has 2 rings (SSSR count). The molecule has 0 amide bonds. The summed E-state index contributed by atoms with van der Waals surface area (Å²) in [4.78, 5) is 4.02. The van der Waals surface area contributed by atoms with E-state index in [0.717, 1.165) is 16.8 Å². The summed E-state index contributed by atoms with van der Waals surface area (Å²) in [6, 6.07) is 4.38. The molecule has 1 unspecified atom stereocenters. The van der Waals surface area contributed by atoms with Gasteiger partial charge in [0, 0.05) is 7.05 Å². The number of nitrogens with zero attached hydrogens (tertiary/aromatic N) is 2. The van der Waals surface area contributed by atoms with E-state index in [1.54, 1.807) is 18.6 Å². The highest BCUT2D eigenvalue weighted by molar-refractivity contribution is 5.34. The molecule has 1 aromatic carbocycles. The van der Waals surface area contributed by atoms with Gasteiger partial charge in [-0.25, -0.2) is 9.37 Å². The van der Waals surface area contributed by atoms with Crippen molar-refractivity contribution in [3.8, 4) is 0 Å². The molecule has 0 saturated carbocycles. The van der Waals surface area contributed by atoms with Gasteiger partial charge in [-0.05, 0) is 30.2 Å². The van der Waals surface area contributed by atoms with Gasteiger partial charge in [-0.15, -0.1) is 0 Å². The summed E-state index contributed by atoms with van der Waals surface area (Å²) >= 11 is 0. The fraction of sp³-hybridized carbons (Fsp3) is 0.250. The number of nitrogens with two attached hydrogens (primary N) is 1. The normalized spacial score (nSPS) is 12.8. The van der Waals surface area contributed by atoms with Gasteiger partial charge < -0.3 is 10.3 Å². The molecule has 4 heteroatoms. The van der Waals surface area contributed by atoms with Crippen LogP contribution >= 0.6 is 0 Å². The summed E-state index contributed by atoms with van der Waals surface area (Å²) in [5, 5.41) is 0. The Labute approximate surface area is 93.7 Å². The largest absolute Gasteiger partial charge is 0.336 e. The van der Waals surface area contributed by atoms with E-state index in [1.165, 1.54) is 12.1 Å². The number of imidazole rings is 1. The topological polar surface area (TPSA) is 43.8 Å². The van der Waals surface area contributed by atoms with Crippen molar-refractivity contribution >= 4 is 0 Å². The van der Waals surface area contributed by atoms with Gasteiger partial charge in [0.25, 0.3) is 0 Å². The summed E-state index contributed by atoms with van der Waals surface area (Å²) in [6.07, 6.45) is 3.43. The predicted octanol–water partition coefficient (Wildman–Crippen LogP) is 1.92. The molecule has 3 nitrogen and oxygen atoms in total. The van der Waals surface area contributed by atoms with E-state index in [4.69, 9.17) is 5.73 Å². The predicted molar refractivity (Wildman–Crippen MR) is 60.4 cm³/mol. The van der Waals surface area contributed by atoms with E-state index in [9.17, 15) is 4.39 Å². The number of benzene rings is 1. The second-order valence-electron chi connectivity index (χ2n) is 3.91. The maximum Gasteiger partial charge on any atom is 0.123 e. The van der Waals surface area contributed by atoms with Crippen LogP contribution in [0, 0.1) is 12.7 Å². The fourth-order valence-electron chi connectivity index (χ4n) is 1.81. The van der Waals surface area contributed by atoms with Crippen LogP contribution in [-0.4, -0.2) is 9.55 Å². The van der Waals surface area contributed by atoms with E-state index in [-0.39, 0.29) is 11.9 Å². The van der Waals surface area contributed by atoms with Crippen molar-refractivity contribution in [2.24, 2.45) is 12.8 Å². The summed E-state index contributed by atoms with van der Waals surface area (Å²) in [5.41, 5.74) is 8.82. The summed E-state index contributed by atoms with van der Waals surface area (Å²) in [6.45, 7) is 1.86. The Morgan fingerprint density at radius 1 is 1.44 bits per heavy atom. The number of hydrogen-bond acceptors (Lipinski definition) is 2. The molecule has 0 spiro atoms. The van der Waals surface area contributed by atoms with E-state index >= 15 is 0 Å². The summed E-state index contributed by atoms with van der Waals surface area (Å²) in [5.74, 6) is -0.238. The third-order valence-electron chi connectivity index (χ3n) is 2.74. The molecular weight excluding hydrogens is 205 g/mol. The van der Waals surface area contributed by atoms with Crippen LogP contribution in [0.2, 0.25) is 0 Å². The Hall–Kier alpha value is -1.68. The molecule has 0 aliphatic heterocycles. The summed E-state index contributed by atoms with van der Waals surface area (Å²) < 4.78 is 14.8. The first kappa shape index (κ1) is 10.8. The summed E-state index contributed by atoms with van der Waals surface area (Å²) in [7, 11) is 1.89. The van der Waals surface area contributed by atoms with Crippen LogP contribution in [0.25, 0.3) is 0 Å². The second kappa shape index (κ2) is 4.06. The average Bonchev–Trinajstić information content (AvgIpc) is 2.63. The third kappa shape index (κ3) is 1.84. The molecule has 0 radical (unpaired) electrons. The van der Waals surface area contributed by atoms with Crippen molar-refractivity contribution in [2.75, 3.05) is 0 Å². The Kier molecular flexibility index (Phi) is 2.75. The first-order valence-electron chi connectivity index (χ1n) is 5.07. The molecule has 16 heavy (non-hydrogen) atoms. The number of aromatic nitrogens is 2. The zero-order valence-corrected chi connectivity index (χ0v) is 9.31.